The molecule has 4 aliphatic carbocycles. The smallest absolute Gasteiger partial charge is 0.260 e. The lowest BCUT2D eigenvalue weighted by Gasteiger charge is -2.99. The molecule has 0 aromatic carbocycles. The van der Waals surface area contributed by atoms with Crippen LogP contribution in [0.15, 0.2) is 9.59 Å². The fourth-order valence-electron chi connectivity index (χ4n) is 7.93. The van der Waals surface area contributed by atoms with E-state index in [4.69, 9.17) is 0 Å². The van der Waals surface area contributed by atoms with Gasteiger partial charge in [-0.05, 0) is 23.7 Å². The second kappa shape index (κ2) is 2.14. The van der Waals surface area contributed by atoms with Gasteiger partial charge in [-0.15, -0.1) is 0 Å². The molecule has 8 rings (SSSR count). The van der Waals surface area contributed by atoms with Crippen molar-refractivity contribution in [3.05, 3.63) is 21.0 Å². The summed E-state index contributed by atoms with van der Waals surface area (Å²) < 4.78 is 17.0. The summed E-state index contributed by atoms with van der Waals surface area (Å²) >= 11 is 0. The summed E-state index contributed by atoms with van der Waals surface area (Å²) in [5.74, 6) is 4.18. The topological polar surface area (TPSA) is 66.0 Å². The van der Waals surface area contributed by atoms with E-state index >= 15 is 0 Å². The second-order valence-electron chi connectivity index (χ2n) is 7.72. The summed E-state index contributed by atoms with van der Waals surface area (Å²) in [6, 6.07) is 0.334. The van der Waals surface area contributed by atoms with Gasteiger partial charge >= 0.3 is 11.4 Å². The molecule has 3 aliphatic heterocycles. The maximum atomic E-state index is 12.4. The van der Waals surface area contributed by atoms with Crippen LogP contribution in [-0.4, -0.2) is 29.6 Å². The Kier molecular flexibility index (Phi) is 1.04. The van der Waals surface area contributed by atoms with Crippen LogP contribution >= 0.6 is 0 Å². The van der Waals surface area contributed by atoms with Gasteiger partial charge in [-0.25, -0.2) is 23.5 Å². The molecule has 20 heavy (non-hydrogen) atoms. The second-order valence-corrected chi connectivity index (χ2v) is 9.18. The van der Waals surface area contributed by atoms with Gasteiger partial charge in [-0.3, -0.25) is 4.21 Å². The third-order valence-corrected chi connectivity index (χ3v) is 9.63. The van der Waals surface area contributed by atoms with Crippen LogP contribution in [-0.2, 0) is 17.8 Å². The largest absolute Gasteiger partial charge is 0.347 e. The molecule has 9 atom stereocenters. The van der Waals surface area contributed by atoms with Gasteiger partial charge in [-0.2, -0.15) is 0 Å². The lowest BCUT2D eigenvalue weighted by Crippen LogP contribution is -3.00. The van der Waals surface area contributed by atoms with Gasteiger partial charge in [0, 0.05) is 40.2 Å². The zero-order valence-corrected chi connectivity index (χ0v) is 11.7. The fourth-order valence-corrected chi connectivity index (χ4v) is 10.4. The Hall–Kier alpha value is -1.11. The van der Waals surface area contributed by atoms with Crippen molar-refractivity contribution in [2.75, 3.05) is 11.5 Å². The van der Waals surface area contributed by atoms with Crippen LogP contribution in [0.25, 0.3) is 0 Å². The Balaban J connectivity index is 1.67. The summed E-state index contributed by atoms with van der Waals surface area (Å²) in [6.07, 6.45) is 0. The molecule has 1 aromatic heterocycles. The first-order chi connectivity index (χ1) is 9.57. The molecule has 5 fully saturated rings. The number of hydrogen-bond donors (Lipinski definition) is 0. The Morgan fingerprint density at radius 3 is 1.90 bits per heavy atom. The van der Waals surface area contributed by atoms with Crippen LogP contribution in [0.1, 0.15) is 12.1 Å². The summed E-state index contributed by atoms with van der Waals surface area (Å²) in [4.78, 5) is 24.8. The highest BCUT2D eigenvalue weighted by Gasteiger charge is 3.04. The molecule has 1 aromatic rings. The van der Waals surface area contributed by atoms with E-state index in [1.165, 1.54) is 4.57 Å². The van der Waals surface area contributed by atoms with Crippen LogP contribution in [0.3, 0.4) is 0 Å². The van der Waals surface area contributed by atoms with Gasteiger partial charge < -0.3 is 0 Å². The lowest BCUT2D eigenvalue weighted by molar-refractivity contribution is -0.533. The van der Waals surface area contributed by atoms with E-state index in [9.17, 15) is 13.8 Å². The quantitative estimate of drug-likeness (QED) is 0.597. The number of hydrogen-bond acceptors (Lipinski definition) is 3. The third kappa shape index (κ3) is 0.484. The summed E-state index contributed by atoms with van der Waals surface area (Å²) in [7, 11) is 0.824. The van der Waals surface area contributed by atoms with Crippen LogP contribution in [0, 0.1) is 34.5 Å². The Morgan fingerprint density at radius 2 is 1.45 bits per heavy atom. The summed E-state index contributed by atoms with van der Waals surface area (Å²) in [6.45, 7) is 0. The van der Waals surface area contributed by atoms with Crippen molar-refractivity contribution in [3.8, 4) is 0 Å². The SMILES string of the molecule is Cn1c(=O)n2n(c1=O)[C@@H]1[C@H]3[C@H]4[C@@H]5[C@H]3[C@]13CS(=O)C[C@@]53[C@@H]42. The van der Waals surface area contributed by atoms with Crippen molar-refractivity contribution in [3.63, 3.8) is 0 Å². The molecular weight excluding hydrogens is 278 g/mol. The van der Waals surface area contributed by atoms with E-state index < -0.39 is 10.8 Å². The van der Waals surface area contributed by atoms with Gasteiger partial charge in [-0.1, -0.05) is 0 Å². The van der Waals surface area contributed by atoms with E-state index in [1.807, 2.05) is 0 Å². The zero-order valence-electron chi connectivity index (χ0n) is 10.9. The standard InChI is InChI=1S/C13H13N3O3S/c1-14-10(17)15-8-4-5-7-6(4)12(8)2-20(19)3-13(7,12)9(5)16(15)11(14)18/h4-9H,2-3H2,1H3/t4-,5-,6-,7+,8+,9+,12+,13-,20?/m0/s1. The van der Waals surface area contributed by atoms with Crippen LogP contribution < -0.4 is 11.4 Å². The first-order valence-electron chi connectivity index (χ1n) is 7.32. The molecule has 2 bridgehead atoms. The molecule has 104 valence electrons. The van der Waals surface area contributed by atoms with E-state index in [0.29, 0.717) is 11.8 Å². The van der Waals surface area contributed by atoms with E-state index in [-0.39, 0.29) is 34.3 Å². The van der Waals surface area contributed by atoms with Crippen molar-refractivity contribution in [2.45, 2.75) is 12.1 Å². The highest BCUT2D eigenvalue weighted by atomic mass is 32.2. The van der Waals surface area contributed by atoms with E-state index in [2.05, 4.69) is 0 Å². The number of rotatable bonds is 0. The molecule has 0 radical (unpaired) electrons. The molecule has 1 unspecified atom stereocenters. The van der Waals surface area contributed by atoms with Crippen molar-refractivity contribution >= 4 is 10.8 Å². The number of aromatic nitrogens is 3. The summed E-state index contributed by atoms with van der Waals surface area (Å²) in [5, 5.41) is 0. The van der Waals surface area contributed by atoms with Gasteiger partial charge in [0.15, 0.2) is 0 Å². The maximum absolute atomic E-state index is 12.4. The predicted octanol–water partition coefficient (Wildman–Crippen LogP) is -1.30. The normalized spacial score (nSPS) is 61.6. The molecule has 6 nitrogen and oxygen atoms in total. The molecule has 2 spiro atoms. The van der Waals surface area contributed by atoms with Crippen molar-refractivity contribution < 1.29 is 4.21 Å². The molecule has 7 heteroatoms. The Bertz CT molecular complexity index is 841. The zero-order chi connectivity index (χ0) is 13.3. The Morgan fingerprint density at radius 1 is 1.00 bits per heavy atom. The van der Waals surface area contributed by atoms with Gasteiger partial charge in [0.05, 0.1) is 12.1 Å². The average molecular weight is 291 g/mol. The van der Waals surface area contributed by atoms with Gasteiger partial charge in [0.1, 0.15) is 0 Å². The molecule has 4 heterocycles. The minimum atomic E-state index is -0.755. The molecule has 4 saturated carbocycles. The average Bonchev–Trinajstić information content (AvgIpc) is 2.81. The van der Waals surface area contributed by atoms with Crippen LogP contribution in [0.2, 0.25) is 0 Å². The fraction of sp³-hybridized carbons (Fsp3) is 0.846. The molecule has 0 amide bonds. The lowest BCUT2D eigenvalue weighted by atomic mass is 9.06. The number of nitrogens with zero attached hydrogens (tertiary/aromatic N) is 3. The molecule has 0 N–H and O–H groups in total. The highest BCUT2D eigenvalue weighted by Crippen LogP contribution is 3.03. The minimum Gasteiger partial charge on any atom is -0.260 e. The predicted molar refractivity (Wildman–Crippen MR) is 68.7 cm³/mol. The van der Waals surface area contributed by atoms with Crippen molar-refractivity contribution in [2.24, 2.45) is 41.5 Å². The Labute approximate surface area is 115 Å². The third-order valence-electron chi connectivity index (χ3n) is 8.03. The van der Waals surface area contributed by atoms with Gasteiger partial charge in [0.25, 0.3) is 0 Å². The first-order valence-corrected chi connectivity index (χ1v) is 8.81. The van der Waals surface area contributed by atoms with Crippen LogP contribution in [0.5, 0.6) is 0 Å². The van der Waals surface area contributed by atoms with E-state index in [0.717, 1.165) is 23.3 Å². The minimum absolute atomic E-state index is 0.115. The van der Waals surface area contributed by atoms with Crippen molar-refractivity contribution in [1.29, 1.82) is 0 Å². The van der Waals surface area contributed by atoms with Crippen LogP contribution in [0.4, 0.5) is 0 Å². The van der Waals surface area contributed by atoms with Crippen molar-refractivity contribution in [1.82, 2.24) is 13.9 Å². The molecule has 1 saturated heterocycles. The van der Waals surface area contributed by atoms with Gasteiger partial charge in [0.2, 0.25) is 0 Å². The monoisotopic (exact) mass is 291 g/mol. The maximum Gasteiger partial charge on any atom is 0.347 e. The summed E-state index contributed by atoms with van der Waals surface area (Å²) in [5.41, 5.74) is -0.107. The molecular formula is C13H13N3O3S. The first kappa shape index (κ1) is 9.76. The van der Waals surface area contributed by atoms with E-state index in [1.54, 1.807) is 16.4 Å². The molecule has 7 aliphatic rings. The highest BCUT2D eigenvalue weighted by molar-refractivity contribution is 7.85.